The van der Waals surface area contributed by atoms with Gasteiger partial charge < -0.3 is 10.5 Å². The molecule has 1 aliphatic carbocycles. The minimum atomic E-state index is -0.221. The third-order valence-corrected chi connectivity index (χ3v) is 7.00. The molecule has 2 N–H and O–H groups in total. The van der Waals surface area contributed by atoms with E-state index in [1.807, 2.05) is 24.5 Å². The summed E-state index contributed by atoms with van der Waals surface area (Å²) in [5.74, 6) is 1.69. The summed E-state index contributed by atoms with van der Waals surface area (Å²) in [6, 6.07) is 12.7. The lowest BCUT2D eigenvalue weighted by molar-refractivity contribution is 0.228. The van der Waals surface area contributed by atoms with E-state index in [0.29, 0.717) is 17.5 Å². The number of aryl methyl sites for hydroxylation is 2. The molecule has 0 spiro atoms. The Morgan fingerprint density at radius 2 is 1.97 bits per heavy atom. The van der Waals surface area contributed by atoms with Crippen molar-refractivity contribution < 1.29 is 4.74 Å². The number of hydrogen-bond acceptors (Lipinski definition) is 5. The number of pyridine rings is 2. The molecule has 34 heavy (non-hydrogen) atoms. The maximum absolute atomic E-state index is 6.46. The van der Waals surface area contributed by atoms with Crippen LogP contribution in [0.5, 0.6) is 5.75 Å². The van der Waals surface area contributed by atoms with Crippen molar-refractivity contribution in [2.75, 3.05) is 5.73 Å². The lowest BCUT2D eigenvalue weighted by Crippen LogP contribution is -2.10. The summed E-state index contributed by atoms with van der Waals surface area (Å²) in [5, 5.41) is 4.98. The summed E-state index contributed by atoms with van der Waals surface area (Å²) in [5.41, 5.74) is 16.1. The molecule has 3 aromatic heterocycles. The van der Waals surface area contributed by atoms with Gasteiger partial charge >= 0.3 is 0 Å². The van der Waals surface area contributed by atoms with Crippen molar-refractivity contribution >= 4 is 5.82 Å². The van der Waals surface area contributed by atoms with Crippen molar-refractivity contribution in [2.24, 2.45) is 5.92 Å². The maximum atomic E-state index is 6.46. The number of nitrogens with two attached hydrogens (primary N) is 1. The number of ether oxygens (including phenoxy) is 1. The molecule has 1 atom stereocenters. The molecule has 6 nitrogen and oxygen atoms in total. The minimum Gasteiger partial charge on any atom is -0.482 e. The van der Waals surface area contributed by atoms with Crippen LogP contribution in [0.1, 0.15) is 53.8 Å². The van der Waals surface area contributed by atoms with Crippen molar-refractivity contribution in [1.82, 2.24) is 19.7 Å². The molecule has 6 heteroatoms. The highest BCUT2D eigenvalue weighted by Gasteiger charge is 2.28. The maximum Gasteiger partial charge on any atom is 0.166 e. The zero-order valence-corrected chi connectivity index (χ0v) is 19.9. The molecular formula is C28H29N5O. The normalized spacial score (nSPS) is 17.0. The molecule has 2 aliphatic rings. The second-order valence-corrected chi connectivity index (χ2v) is 9.68. The number of anilines is 1. The average Bonchev–Trinajstić information content (AvgIpc) is 3.58. The van der Waals surface area contributed by atoms with Gasteiger partial charge in [0.25, 0.3) is 0 Å². The van der Waals surface area contributed by atoms with Gasteiger partial charge in [0.05, 0.1) is 17.1 Å². The van der Waals surface area contributed by atoms with Gasteiger partial charge in [-0.3, -0.25) is 9.67 Å². The molecule has 2 bridgehead atoms. The van der Waals surface area contributed by atoms with Gasteiger partial charge in [0.2, 0.25) is 0 Å². The highest BCUT2D eigenvalue weighted by molar-refractivity contribution is 5.72. The van der Waals surface area contributed by atoms with Crippen molar-refractivity contribution in [1.29, 1.82) is 0 Å². The number of hydrogen-bond donors (Lipinski definition) is 1. The molecule has 0 amide bonds. The first-order valence-electron chi connectivity index (χ1n) is 12.0. The standard InChI is InChI=1S/C28H29N5O/c1-16-6-9-22-24(11-16)18(3)34-25-13-21(14-31-28(25)29)27-23(12-20-5-4-10-30-26(20)22)17(2)32-33(27)15-19-7-8-19/h4-6,9-11,13-14,18-19H,7-8,12,15H2,1-3H3,(H2,29,31). The first-order chi connectivity index (χ1) is 16.5. The molecule has 0 radical (unpaired) electrons. The Bertz CT molecular complexity index is 1400. The molecule has 1 saturated carbocycles. The van der Waals surface area contributed by atoms with Crippen LogP contribution in [0, 0.1) is 19.8 Å². The molecule has 172 valence electrons. The quantitative estimate of drug-likeness (QED) is 0.425. The summed E-state index contributed by atoms with van der Waals surface area (Å²) in [7, 11) is 0. The van der Waals surface area contributed by atoms with Crippen LogP contribution in [0.2, 0.25) is 0 Å². The van der Waals surface area contributed by atoms with Gasteiger partial charge in [0, 0.05) is 47.6 Å². The summed E-state index contributed by atoms with van der Waals surface area (Å²) in [4.78, 5) is 9.37. The van der Waals surface area contributed by atoms with Crippen molar-refractivity contribution in [3.8, 4) is 28.3 Å². The van der Waals surface area contributed by atoms with Gasteiger partial charge in [-0.25, -0.2) is 4.98 Å². The highest BCUT2D eigenvalue weighted by Crippen LogP contribution is 2.40. The van der Waals surface area contributed by atoms with E-state index < -0.39 is 0 Å². The largest absolute Gasteiger partial charge is 0.482 e. The van der Waals surface area contributed by atoms with Gasteiger partial charge in [-0.15, -0.1) is 0 Å². The average molecular weight is 452 g/mol. The molecule has 6 rings (SSSR count). The molecule has 1 aromatic carbocycles. The smallest absolute Gasteiger partial charge is 0.166 e. The number of aromatic nitrogens is 4. The number of fused-ring (bicyclic) bond motifs is 7. The van der Waals surface area contributed by atoms with Crippen LogP contribution in [-0.2, 0) is 13.0 Å². The fourth-order valence-corrected chi connectivity index (χ4v) is 5.01. The Labute approximate surface area is 199 Å². The van der Waals surface area contributed by atoms with Crippen LogP contribution in [0.4, 0.5) is 5.82 Å². The Hall–Kier alpha value is -3.67. The van der Waals surface area contributed by atoms with Crippen molar-refractivity contribution in [3.63, 3.8) is 0 Å². The predicted molar refractivity (Wildman–Crippen MR) is 134 cm³/mol. The van der Waals surface area contributed by atoms with E-state index in [9.17, 15) is 0 Å². The lowest BCUT2D eigenvalue weighted by atomic mass is 9.92. The van der Waals surface area contributed by atoms with E-state index in [2.05, 4.69) is 54.7 Å². The molecule has 1 unspecified atom stereocenters. The second kappa shape index (κ2) is 7.97. The lowest BCUT2D eigenvalue weighted by Gasteiger charge is -2.22. The van der Waals surface area contributed by atoms with E-state index in [1.165, 1.54) is 29.5 Å². The topological polar surface area (TPSA) is 78.9 Å². The molecular weight excluding hydrogens is 422 g/mol. The van der Waals surface area contributed by atoms with Crippen LogP contribution >= 0.6 is 0 Å². The van der Waals surface area contributed by atoms with Crippen molar-refractivity contribution in [3.05, 3.63) is 76.7 Å². The minimum absolute atomic E-state index is 0.221. The molecule has 1 fully saturated rings. The Morgan fingerprint density at radius 1 is 1.12 bits per heavy atom. The van der Waals surface area contributed by atoms with E-state index in [0.717, 1.165) is 46.7 Å². The van der Waals surface area contributed by atoms with Crippen molar-refractivity contribution in [2.45, 2.75) is 52.7 Å². The predicted octanol–water partition coefficient (Wildman–Crippen LogP) is 5.66. The number of rotatable bonds is 2. The monoisotopic (exact) mass is 451 g/mol. The van der Waals surface area contributed by atoms with E-state index in [4.69, 9.17) is 20.6 Å². The first-order valence-corrected chi connectivity index (χ1v) is 12.0. The SMILES string of the molecule is Cc1ccc2c(c1)C(C)Oc1cc(cnc1N)-c1c(c(C)nn1CC1CC1)Cc1cccnc1-2. The molecule has 0 saturated heterocycles. The van der Waals surface area contributed by atoms with Gasteiger partial charge in [0.1, 0.15) is 6.10 Å². The third-order valence-electron chi connectivity index (χ3n) is 7.00. The second-order valence-electron chi connectivity index (χ2n) is 9.68. The third kappa shape index (κ3) is 3.63. The molecule has 1 aliphatic heterocycles. The van der Waals surface area contributed by atoms with E-state index >= 15 is 0 Å². The van der Waals surface area contributed by atoms with E-state index in [-0.39, 0.29) is 6.10 Å². The zero-order chi connectivity index (χ0) is 23.4. The van der Waals surface area contributed by atoms with Gasteiger partial charge in [-0.1, -0.05) is 29.8 Å². The fourth-order valence-electron chi connectivity index (χ4n) is 5.01. The van der Waals surface area contributed by atoms with Crippen LogP contribution in [0.3, 0.4) is 0 Å². The number of nitrogen functional groups attached to an aromatic ring is 1. The van der Waals surface area contributed by atoms with Gasteiger partial charge in [0.15, 0.2) is 11.6 Å². The molecule has 4 heterocycles. The van der Waals surface area contributed by atoms with Crippen LogP contribution in [0.15, 0.2) is 48.8 Å². The summed E-state index contributed by atoms with van der Waals surface area (Å²) < 4.78 is 8.63. The molecule has 4 aromatic rings. The summed E-state index contributed by atoms with van der Waals surface area (Å²) in [6.45, 7) is 7.19. The van der Waals surface area contributed by atoms with Gasteiger partial charge in [-0.2, -0.15) is 5.10 Å². The van der Waals surface area contributed by atoms with Crippen LogP contribution in [0.25, 0.3) is 22.5 Å². The van der Waals surface area contributed by atoms with Gasteiger partial charge in [-0.05, 0) is 57.2 Å². The highest BCUT2D eigenvalue weighted by atomic mass is 16.5. The zero-order valence-electron chi connectivity index (χ0n) is 19.9. The first kappa shape index (κ1) is 20.9. The fraction of sp³-hybridized carbons (Fsp3) is 0.321. The van der Waals surface area contributed by atoms with Crippen LogP contribution < -0.4 is 10.5 Å². The van der Waals surface area contributed by atoms with E-state index in [1.54, 1.807) is 0 Å². The summed E-state index contributed by atoms with van der Waals surface area (Å²) >= 11 is 0. The number of benzene rings is 1. The summed E-state index contributed by atoms with van der Waals surface area (Å²) in [6.07, 6.45) is 6.78. The Kier molecular flexibility index (Phi) is 4.90. The Morgan fingerprint density at radius 3 is 2.79 bits per heavy atom. The number of nitrogens with zero attached hydrogens (tertiary/aromatic N) is 4. The Balaban J connectivity index is 1.63. The van der Waals surface area contributed by atoms with Crippen LogP contribution in [-0.4, -0.2) is 19.7 Å².